The number of nitrogens with zero attached hydrogens (tertiary/aromatic N) is 1. The van der Waals surface area contributed by atoms with E-state index in [-0.39, 0.29) is 0 Å². The van der Waals surface area contributed by atoms with Gasteiger partial charge in [0.2, 0.25) is 0 Å². The lowest BCUT2D eigenvalue weighted by molar-refractivity contribution is 0.198. The van der Waals surface area contributed by atoms with Gasteiger partial charge >= 0.3 is 0 Å². The first-order valence-electron chi connectivity index (χ1n) is 6.29. The van der Waals surface area contributed by atoms with Crippen LogP contribution in [0.2, 0.25) is 0 Å². The van der Waals surface area contributed by atoms with Gasteiger partial charge < -0.3 is 14.6 Å². The molecule has 19 heavy (non-hydrogen) atoms. The summed E-state index contributed by atoms with van der Waals surface area (Å²) >= 11 is 0. The molecule has 0 unspecified atom stereocenters. The topological polar surface area (TPSA) is 62.5 Å². The van der Waals surface area contributed by atoms with Gasteiger partial charge in [0.1, 0.15) is 0 Å². The minimum Gasteiger partial charge on any atom is -0.493 e. The third-order valence-corrected chi connectivity index (χ3v) is 2.96. The molecule has 0 saturated carbocycles. The van der Waals surface area contributed by atoms with Gasteiger partial charge in [0, 0.05) is 0 Å². The number of benzene rings is 1. The molecule has 0 aliphatic heterocycles. The second kappa shape index (κ2) is 6.44. The number of nitriles is 1. The Kier molecular flexibility index (Phi) is 5.20. The van der Waals surface area contributed by atoms with E-state index < -0.39 is 11.5 Å². The van der Waals surface area contributed by atoms with Crippen molar-refractivity contribution < 1.29 is 14.6 Å². The summed E-state index contributed by atoms with van der Waals surface area (Å²) in [4.78, 5) is 0. The molecule has 0 aliphatic carbocycles. The van der Waals surface area contributed by atoms with Crippen molar-refractivity contribution >= 4 is 0 Å². The molecule has 0 spiro atoms. The lowest BCUT2D eigenvalue weighted by atomic mass is 9.92. The Balaban J connectivity index is 2.71. The van der Waals surface area contributed by atoms with Crippen LogP contribution < -0.4 is 9.47 Å². The van der Waals surface area contributed by atoms with Crippen molar-refractivity contribution in [1.82, 2.24) is 0 Å². The third kappa shape index (κ3) is 4.46. The maximum absolute atomic E-state index is 9.52. The number of methoxy groups -OCH3 is 1. The molecule has 4 heteroatoms. The zero-order chi connectivity index (χ0) is 14.5. The average Bonchev–Trinajstić information content (AvgIpc) is 2.38. The second-order valence-corrected chi connectivity index (χ2v) is 5.18. The van der Waals surface area contributed by atoms with Gasteiger partial charge in [0.25, 0.3) is 0 Å². The van der Waals surface area contributed by atoms with Gasteiger partial charge in [-0.25, -0.2) is 0 Å². The molecule has 0 bridgehead atoms. The van der Waals surface area contributed by atoms with Crippen LogP contribution in [-0.2, 0) is 0 Å². The minimum absolute atomic E-state index is 0.396. The Morgan fingerprint density at radius 1 is 1.37 bits per heavy atom. The number of hydrogen-bond donors (Lipinski definition) is 1. The molecule has 1 N–H and O–H groups in total. The van der Waals surface area contributed by atoms with Crippen LogP contribution in [0, 0.1) is 16.7 Å². The van der Waals surface area contributed by atoms with Gasteiger partial charge in [-0.2, -0.15) is 5.26 Å². The lowest BCUT2D eigenvalue weighted by Gasteiger charge is -2.17. The van der Waals surface area contributed by atoms with Crippen molar-refractivity contribution in [2.24, 2.45) is 5.41 Å². The normalized spacial score (nSPS) is 12.6. The Labute approximate surface area is 114 Å². The highest BCUT2D eigenvalue weighted by Gasteiger charge is 2.17. The zero-order valence-corrected chi connectivity index (χ0v) is 11.9. The molecule has 0 fully saturated rings. The summed E-state index contributed by atoms with van der Waals surface area (Å²) in [5.41, 5.74) is 0.383. The van der Waals surface area contributed by atoms with E-state index in [2.05, 4.69) is 6.07 Å². The highest BCUT2D eigenvalue weighted by molar-refractivity contribution is 5.43. The van der Waals surface area contributed by atoms with Crippen LogP contribution in [0.15, 0.2) is 18.2 Å². The van der Waals surface area contributed by atoms with Crippen molar-refractivity contribution in [2.75, 3.05) is 13.7 Å². The molecule has 0 aromatic heterocycles. The first-order chi connectivity index (χ1) is 8.89. The first kappa shape index (κ1) is 15.3. The zero-order valence-electron chi connectivity index (χ0n) is 11.9. The summed E-state index contributed by atoms with van der Waals surface area (Å²) in [6.07, 6.45) is 0.102. The van der Waals surface area contributed by atoms with Crippen molar-refractivity contribution in [3.63, 3.8) is 0 Å². The molecule has 1 aromatic rings. The Morgan fingerprint density at radius 2 is 2.05 bits per heavy atom. The molecule has 0 radical (unpaired) electrons. The summed E-state index contributed by atoms with van der Waals surface area (Å²) < 4.78 is 10.9. The van der Waals surface area contributed by atoms with Crippen LogP contribution in [0.3, 0.4) is 0 Å². The molecule has 0 saturated heterocycles. The van der Waals surface area contributed by atoms with Gasteiger partial charge in [-0.3, -0.25) is 0 Å². The second-order valence-electron chi connectivity index (χ2n) is 5.18. The fourth-order valence-electron chi connectivity index (χ4n) is 1.54. The van der Waals surface area contributed by atoms with E-state index in [1.807, 2.05) is 13.8 Å². The van der Waals surface area contributed by atoms with Crippen LogP contribution in [0.25, 0.3) is 0 Å². The fraction of sp³-hybridized carbons (Fsp3) is 0.533. The van der Waals surface area contributed by atoms with E-state index in [0.29, 0.717) is 24.5 Å². The Hall–Kier alpha value is -1.73. The minimum atomic E-state index is -0.541. The molecule has 0 heterocycles. The van der Waals surface area contributed by atoms with Crippen LogP contribution in [0.4, 0.5) is 0 Å². The molecule has 104 valence electrons. The maximum Gasteiger partial charge on any atom is 0.161 e. The Bertz CT molecular complexity index is 461. The van der Waals surface area contributed by atoms with Gasteiger partial charge in [-0.15, -0.1) is 0 Å². The highest BCUT2D eigenvalue weighted by atomic mass is 16.5. The number of rotatable bonds is 6. The van der Waals surface area contributed by atoms with Gasteiger partial charge in [0.15, 0.2) is 11.5 Å². The van der Waals surface area contributed by atoms with Crippen LogP contribution in [0.5, 0.6) is 11.5 Å². The van der Waals surface area contributed by atoms with Crippen LogP contribution >= 0.6 is 0 Å². The van der Waals surface area contributed by atoms with Crippen molar-refractivity contribution in [3.8, 4) is 17.6 Å². The monoisotopic (exact) mass is 263 g/mol. The standard InChI is InChI=1S/C15H21NO3/c1-11(17)12-5-6-13(14(9-12)18-4)19-8-7-15(2,3)10-16/h5-6,9,11,17H,7-8H2,1-4H3/t11-/m1/s1. The lowest BCUT2D eigenvalue weighted by Crippen LogP contribution is -2.13. The molecule has 0 aliphatic rings. The van der Waals surface area contributed by atoms with Crippen molar-refractivity contribution in [1.29, 1.82) is 5.26 Å². The van der Waals surface area contributed by atoms with Crippen molar-refractivity contribution in [3.05, 3.63) is 23.8 Å². The molecule has 4 nitrogen and oxygen atoms in total. The summed E-state index contributed by atoms with van der Waals surface area (Å²) in [6.45, 7) is 5.91. The van der Waals surface area contributed by atoms with Gasteiger partial charge in [-0.1, -0.05) is 6.07 Å². The summed E-state index contributed by atoms with van der Waals surface area (Å²) in [5, 5.41) is 18.4. The fourth-order valence-corrected chi connectivity index (χ4v) is 1.54. The predicted octanol–water partition coefficient (Wildman–Crippen LogP) is 3.07. The third-order valence-electron chi connectivity index (χ3n) is 2.96. The molecular formula is C15H21NO3. The summed E-state index contributed by atoms with van der Waals surface area (Å²) in [5.74, 6) is 1.22. The van der Waals surface area contributed by atoms with E-state index in [1.54, 1.807) is 32.2 Å². The summed E-state index contributed by atoms with van der Waals surface area (Å²) in [6, 6.07) is 7.58. The molecule has 1 rings (SSSR count). The quantitative estimate of drug-likeness (QED) is 0.856. The predicted molar refractivity (Wildman–Crippen MR) is 73.1 cm³/mol. The van der Waals surface area contributed by atoms with Crippen LogP contribution in [0.1, 0.15) is 38.9 Å². The molecular weight excluding hydrogens is 242 g/mol. The number of aliphatic hydroxyl groups excluding tert-OH is 1. The Morgan fingerprint density at radius 3 is 2.58 bits per heavy atom. The first-order valence-corrected chi connectivity index (χ1v) is 6.29. The van der Waals surface area contributed by atoms with Crippen molar-refractivity contribution in [2.45, 2.75) is 33.3 Å². The van der Waals surface area contributed by atoms with Crippen LogP contribution in [-0.4, -0.2) is 18.8 Å². The smallest absolute Gasteiger partial charge is 0.161 e. The van der Waals surface area contributed by atoms with Gasteiger partial charge in [-0.05, 0) is 44.9 Å². The largest absolute Gasteiger partial charge is 0.493 e. The number of ether oxygens (including phenoxy) is 2. The van der Waals surface area contributed by atoms with E-state index in [0.717, 1.165) is 5.56 Å². The van der Waals surface area contributed by atoms with E-state index in [4.69, 9.17) is 14.7 Å². The number of hydrogen-bond acceptors (Lipinski definition) is 4. The molecule has 1 aromatic carbocycles. The van der Waals surface area contributed by atoms with E-state index in [1.165, 1.54) is 0 Å². The number of aliphatic hydroxyl groups is 1. The highest BCUT2D eigenvalue weighted by Crippen LogP contribution is 2.31. The van der Waals surface area contributed by atoms with Gasteiger partial charge in [0.05, 0.1) is 31.3 Å². The molecule has 1 atom stereocenters. The van der Waals surface area contributed by atoms with E-state index in [9.17, 15) is 5.11 Å². The van der Waals surface area contributed by atoms with E-state index >= 15 is 0 Å². The maximum atomic E-state index is 9.52. The summed E-state index contributed by atoms with van der Waals surface area (Å²) in [7, 11) is 1.56. The SMILES string of the molecule is COc1cc([C@@H](C)O)ccc1OCCC(C)(C)C#N. The molecule has 0 amide bonds. The average molecular weight is 263 g/mol.